The first-order chi connectivity index (χ1) is 52.5. The summed E-state index contributed by atoms with van der Waals surface area (Å²) in [5.74, 6) is 2.71. The third kappa shape index (κ3) is 16.0. The molecule has 0 aliphatic carbocycles. The minimum Gasteiger partial charge on any atom is -0.493 e. The molecule has 19 nitrogen and oxygen atoms in total. The fourth-order valence-corrected chi connectivity index (χ4v) is 16.0. The van der Waals surface area contributed by atoms with Gasteiger partial charge in [0.2, 0.25) is 0 Å². The molecule has 0 spiro atoms. The highest BCUT2D eigenvalue weighted by Gasteiger charge is 2.31. The molecule has 0 saturated carbocycles. The zero-order valence-electron chi connectivity index (χ0n) is 59.4. The number of hydrogen-bond donors (Lipinski definition) is 2. The van der Waals surface area contributed by atoms with Gasteiger partial charge < -0.3 is 52.8 Å². The second kappa shape index (κ2) is 33.8. The predicted molar refractivity (Wildman–Crippen MR) is 405 cm³/mol. The van der Waals surface area contributed by atoms with E-state index in [0.29, 0.717) is 138 Å². The zero-order chi connectivity index (χ0) is 75.7. The van der Waals surface area contributed by atoms with Gasteiger partial charge in [-0.25, -0.2) is 28.1 Å². The van der Waals surface area contributed by atoms with Gasteiger partial charge in [0.15, 0.2) is 63.4 Å². The summed E-state index contributed by atoms with van der Waals surface area (Å²) < 4.78 is 94.8. The number of carbonyl (C=O) groups is 5. The molecule has 12 aromatic rings. The van der Waals surface area contributed by atoms with Crippen LogP contribution < -0.4 is 42.6 Å². The topological polar surface area (TPSA) is 248 Å². The number of methoxy groups -OCH3 is 3. The Morgan fingerprint density at radius 1 is 0.435 bits per heavy atom. The second-order valence-corrected chi connectivity index (χ2v) is 28.4. The lowest BCUT2D eigenvalue weighted by Gasteiger charge is -2.19. The van der Waals surface area contributed by atoms with Crippen LogP contribution in [0.15, 0.2) is 146 Å². The van der Waals surface area contributed by atoms with E-state index in [1.807, 2.05) is 32.0 Å². The average molecular weight is 1520 g/mol. The van der Waals surface area contributed by atoms with E-state index in [2.05, 4.69) is 15.0 Å². The molecule has 1 atom stereocenters. The van der Waals surface area contributed by atoms with E-state index >= 15 is 0 Å². The van der Waals surface area contributed by atoms with Gasteiger partial charge in [-0.15, -0.1) is 34.0 Å². The van der Waals surface area contributed by atoms with Gasteiger partial charge >= 0.3 is 0 Å². The van der Waals surface area contributed by atoms with E-state index in [-0.39, 0.29) is 109 Å². The Morgan fingerprint density at radius 2 is 0.787 bits per heavy atom. The number of aliphatic hydroxyl groups is 2. The highest BCUT2D eigenvalue weighted by atomic mass is 32.1. The number of thiophene rings is 3. The third-order valence-corrected chi connectivity index (χ3v) is 21.6. The van der Waals surface area contributed by atoms with Crippen molar-refractivity contribution in [1.29, 1.82) is 0 Å². The van der Waals surface area contributed by atoms with Crippen molar-refractivity contribution in [1.82, 2.24) is 15.0 Å². The van der Waals surface area contributed by atoms with E-state index in [4.69, 9.17) is 47.7 Å². The summed E-state index contributed by atoms with van der Waals surface area (Å²) in [5.41, 5.74) is 6.30. The lowest BCUT2D eigenvalue weighted by atomic mass is 10.0. The Hall–Kier alpha value is -11.1. The number of fused-ring (bicyclic) bond motifs is 15. The maximum Gasteiger partial charge on any atom is 0.181 e. The molecule has 0 saturated heterocycles. The Bertz CT molecular complexity index is 5220. The number of carbonyl (C=O) groups excluding carboxylic acids is 5. The van der Waals surface area contributed by atoms with Gasteiger partial charge in [0.05, 0.1) is 81.7 Å². The Balaban J connectivity index is 0.000000143. The maximum absolute atomic E-state index is 14.4. The number of aliphatic hydroxyl groups excluding tert-OH is 2. The number of ether oxygens (including phenoxy) is 9. The quantitative estimate of drug-likeness (QED) is 0.0454. The van der Waals surface area contributed by atoms with Gasteiger partial charge in [-0.05, 0) is 128 Å². The summed E-state index contributed by atoms with van der Waals surface area (Å²) in [7, 11) is 4.52. The summed E-state index contributed by atoms with van der Waals surface area (Å²) in [6.07, 6.45) is 1.12. The monoisotopic (exact) mass is 1520 g/mol. The summed E-state index contributed by atoms with van der Waals surface area (Å²) in [6, 6.07) is 39.8. The minimum absolute atomic E-state index is 0.00769. The largest absolute Gasteiger partial charge is 0.493 e. The summed E-state index contributed by atoms with van der Waals surface area (Å²) in [6.45, 7) is 6.10. The van der Waals surface area contributed by atoms with Gasteiger partial charge in [-0.3, -0.25) is 24.0 Å². The van der Waals surface area contributed by atoms with Crippen LogP contribution in [-0.4, -0.2) is 102 Å². The summed E-state index contributed by atoms with van der Waals surface area (Å²) >= 11 is 4.02. The minimum atomic E-state index is -0.944. The summed E-state index contributed by atoms with van der Waals surface area (Å²) in [5, 5.41) is 22.1. The molecule has 1 unspecified atom stereocenters. The molecule has 108 heavy (non-hydrogen) atoms. The van der Waals surface area contributed by atoms with Crippen molar-refractivity contribution in [2.45, 2.75) is 91.1 Å². The van der Waals surface area contributed by atoms with Crippen LogP contribution in [0.5, 0.6) is 51.7 Å². The highest BCUT2D eigenvalue weighted by molar-refractivity contribution is 7.20. The molecular formula is C83H72F3N3O16S3. The smallest absolute Gasteiger partial charge is 0.181 e. The van der Waals surface area contributed by atoms with Crippen LogP contribution in [0.25, 0.3) is 64.0 Å². The Kier molecular flexibility index (Phi) is 23.5. The number of nitrogens with zero attached hydrogens (tertiary/aromatic N) is 3. The highest BCUT2D eigenvalue weighted by Crippen LogP contribution is 2.50. The lowest BCUT2D eigenvalue weighted by molar-refractivity contribution is 0.0914. The van der Waals surface area contributed by atoms with Crippen LogP contribution in [0.4, 0.5) is 13.2 Å². The van der Waals surface area contributed by atoms with Crippen LogP contribution in [0, 0.1) is 17.5 Å². The van der Waals surface area contributed by atoms with Crippen LogP contribution in [0.3, 0.4) is 0 Å². The predicted octanol–water partition coefficient (Wildman–Crippen LogP) is 18.3. The van der Waals surface area contributed by atoms with Crippen LogP contribution >= 0.6 is 34.0 Å². The fraction of sp³-hybridized carbons (Fsp3) is 0.253. The third-order valence-electron chi connectivity index (χ3n) is 18.0. The van der Waals surface area contributed by atoms with Crippen molar-refractivity contribution in [2.75, 3.05) is 47.8 Å². The number of pyridine rings is 3. The molecule has 0 amide bonds. The lowest BCUT2D eigenvalue weighted by Crippen LogP contribution is -2.10. The number of ketones is 5. The number of rotatable bonds is 27. The molecule has 554 valence electrons. The van der Waals surface area contributed by atoms with Gasteiger partial charge in [-0.1, -0.05) is 50.2 Å². The Labute approximate surface area is 630 Å². The van der Waals surface area contributed by atoms with Crippen molar-refractivity contribution >= 4 is 93.2 Å². The molecule has 3 aliphatic rings. The normalized spacial score (nSPS) is 12.3. The molecule has 25 heteroatoms. The number of hydrogen-bond acceptors (Lipinski definition) is 22. The van der Waals surface area contributed by atoms with Crippen molar-refractivity contribution in [3.05, 3.63) is 211 Å². The SMILES string of the molecule is CCCOc1ccc(C(=O)CCC(=O)c2ccc3c(n2)-c2c(sc4c(F)cccc24)CO3)cc1OC.CCCOc1ccc(C(=O)CCC(O)c2ccc3c(n2)-c2c(sc4c(F)cccc24)CO3)cc1OC.COc1cc(C(=O)CCC(=O)c2ccc3c(n2)-c2c(sc4c(F)cccc24)CO3)ccc1OCCO. The van der Waals surface area contributed by atoms with Crippen molar-refractivity contribution in [3.8, 4) is 85.5 Å². The second-order valence-electron chi connectivity index (χ2n) is 25.1. The molecule has 9 heterocycles. The number of benzene rings is 6. The molecule has 0 fully saturated rings. The standard InChI is InChI=1S/C28H26FNO5S.C28H24FNO5S.C27H22FNO6S/c2*1-3-13-34-22-11-7-16(14-24(22)33-2)20(31)9-10-21(32)19-8-12-23-27(30-19)26-17-5-4-6-18(29)28(17)36-25(26)15-35-23;1-33-23-13-15(5-9-21(23)34-12-11-30)19(31)7-8-20(32)18-6-10-22-26(29-18)25-16-3-2-4-17(28)27(16)36-24(25)14-35-22/h4-8,11-12,14,21,32H,3,9-10,13,15H2,1-2H3;4-8,11-12,14H,3,9-10,13,15H2,1-2H3;2-6,9-10,13,30H,7-8,11-12,14H2,1H3. The van der Waals surface area contributed by atoms with E-state index in [1.54, 1.807) is 109 Å². The maximum atomic E-state index is 14.4. The van der Waals surface area contributed by atoms with E-state index in [9.17, 15) is 42.3 Å². The van der Waals surface area contributed by atoms with Gasteiger partial charge in [0.25, 0.3) is 0 Å². The number of halogens is 3. The molecule has 0 bridgehead atoms. The van der Waals surface area contributed by atoms with Gasteiger partial charge in [-0.2, -0.15) is 0 Å². The molecule has 3 aliphatic heterocycles. The van der Waals surface area contributed by atoms with Gasteiger partial charge in [0, 0.05) is 81.6 Å². The number of Topliss-reactive ketones (excluding diaryl/α,β-unsaturated/α-hetero) is 5. The first-order valence-corrected chi connectivity index (χ1v) is 37.3. The van der Waals surface area contributed by atoms with E-state index < -0.39 is 6.10 Å². The molecule has 6 aromatic carbocycles. The summed E-state index contributed by atoms with van der Waals surface area (Å²) in [4.78, 5) is 80.8. The Morgan fingerprint density at radius 3 is 1.16 bits per heavy atom. The molecular weight excluding hydrogens is 1450 g/mol. The molecule has 6 aromatic heterocycles. The molecule has 2 N–H and O–H groups in total. The average Bonchev–Trinajstić information content (AvgIpc) is 1.58. The first-order valence-electron chi connectivity index (χ1n) is 34.9. The first kappa shape index (κ1) is 75.2. The number of aromatic nitrogens is 3. The van der Waals surface area contributed by atoms with Crippen LogP contribution in [0.1, 0.15) is 144 Å². The molecule has 0 radical (unpaired) electrons. The van der Waals surface area contributed by atoms with Crippen molar-refractivity contribution < 1.29 is 90.0 Å². The van der Waals surface area contributed by atoms with Crippen LogP contribution in [-0.2, 0) is 19.8 Å². The van der Waals surface area contributed by atoms with Crippen molar-refractivity contribution in [2.24, 2.45) is 0 Å². The van der Waals surface area contributed by atoms with E-state index in [0.717, 1.165) is 60.3 Å². The van der Waals surface area contributed by atoms with E-state index in [1.165, 1.54) is 73.5 Å². The molecule has 15 rings (SSSR count). The van der Waals surface area contributed by atoms with Gasteiger partial charge in [0.1, 0.15) is 89.6 Å². The van der Waals surface area contributed by atoms with Crippen LogP contribution in [0.2, 0.25) is 0 Å². The fourth-order valence-electron chi connectivity index (χ4n) is 12.7. The zero-order valence-corrected chi connectivity index (χ0v) is 61.8. The van der Waals surface area contributed by atoms with Crippen molar-refractivity contribution in [3.63, 3.8) is 0 Å².